The summed E-state index contributed by atoms with van der Waals surface area (Å²) >= 11 is 0. The molecule has 2 atom stereocenters. The second-order valence-corrected chi connectivity index (χ2v) is 7.93. The number of carbonyl (C=O) groups is 1. The van der Waals surface area contributed by atoms with E-state index in [4.69, 9.17) is 4.74 Å². The summed E-state index contributed by atoms with van der Waals surface area (Å²) in [5.74, 6) is -1.02. The third-order valence-corrected chi connectivity index (χ3v) is 5.45. The number of ether oxygens (including phenoxy) is 1. The number of hydrogen-bond donors (Lipinski definition) is 1. The molecule has 1 N–H and O–H groups in total. The minimum absolute atomic E-state index is 0.210. The Morgan fingerprint density at radius 1 is 1.38 bits per heavy atom. The summed E-state index contributed by atoms with van der Waals surface area (Å²) in [6.07, 6.45) is -0.420. The standard InChI is InChI=1S/C15H22FN3O4S/c1-11-8-19(9-12(2)23-11)24(21,22)18(3)10-15(20)17-14-6-4-5-13(16)7-14/h4-7,11-12H,8-10H2,1-3H3,(H,17,20). The topological polar surface area (TPSA) is 79.0 Å². The molecule has 0 aliphatic carbocycles. The van der Waals surface area contributed by atoms with Gasteiger partial charge in [-0.1, -0.05) is 6.07 Å². The fourth-order valence-electron chi connectivity index (χ4n) is 2.57. The second-order valence-electron chi connectivity index (χ2n) is 5.90. The molecule has 1 aliphatic heterocycles. The molecule has 1 amide bonds. The first kappa shape index (κ1) is 18.8. The number of anilines is 1. The summed E-state index contributed by atoms with van der Waals surface area (Å²) in [4.78, 5) is 12.0. The number of benzene rings is 1. The van der Waals surface area contributed by atoms with Crippen molar-refractivity contribution >= 4 is 21.8 Å². The number of nitrogens with zero attached hydrogens (tertiary/aromatic N) is 2. The minimum Gasteiger partial charge on any atom is -0.373 e. The van der Waals surface area contributed by atoms with Gasteiger partial charge >= 0.3 is 0 Å². The molecule has 24 heavy (non-hydrogen) atoms. The van der Waals surface area contributed by atoms with Crippen LogP contribution >= 0.6 is 0 Å². The molecule has 0 bridgehead atoms. The summed E-state index contributed by atoms with van der Waals surface area (Å²) in [5.41, 5.74) is 0.277. The van der Waals surface area contributed by atoms with Gasteiger partial charge in [0.1, 0.15) is 5.82 Å². The van der Waals surface area contributed by atoms with E-state index in [0.717, 1.165) is 10.4 Å². The zero-order valence-corrected chi connectivity index (χ0v) is 14.7. The Balaban J connectivity index is 1.99. The van der Waals surface area contributed by atoms with Crippen molar-refractivity contribution in [1.29, 1.82) is 0 Å². The molecule has 1 heterocycles. The van der Waals surface area contributed by atoms with Crippen LogP contribution in [0, 0.1) is 5.82 Å². The lowest BCUT2D eigenvalue weighted by Gasteiger charge is -2.36. The number of carbonyl (C=O) groups excluding carboxylic acids is 1. The van der Waals surface area contributed by atoms with Crippen LogP contribution in [0.2, 0.25) is 0 Å². The van der Waals surface area contributed by atoms with Gasteiger partial charge in [-0.05, 0) is 32.0 Å². The monoisotopic (exact) mass is 359 g/mol. The van der Waals surface area contributed by atoms with Crippen LogP contribution in [0.25, 0.3) is 0 Å². The van der Waals surface area contributed by atoms with Gasteiger partial charge < -0.3 is 10.1 Å². The first-order valence-corrected chi connectivity index (χ1v) is 9.00. The quantitative estimate of drug-likeness (QED) is 0.852. The van der Waals surface area contributed by atoms with Crippen molar-refractivity contribution < 1.29 is 22.3 Å². The molecule has 0 aromatic heterocycles. The molecule has 7 nitrogen and oxygen atoms in total. The maximum absolute atomic E-state index is 13.1. The molecule has 9 heteroatoms. The molecule has 0 radical (unpaired) electrons. The van der Waals surface area contributed by atoms with Gasteiger partial charge in [0.15, 0.2) is 0 Å². The molecule has 1 aromatic carbocycles. The van der Waals surface area contributed by atoms with Gasteiger partial charge in [0.05, 0.1) is 18.8 Å². The van der Waals surface area contributed by atoms with Gasteiger partial charge in [0.2, 0.25) is 5.91 Å². The number of nitrogens with one attached hydrogen (secondary N) is 1. The number of morpholine rings is 1. The Labute approximate surface area is 141 Å². The number of amides is 1. The van der Waals surface area contributed by atoms with E-state index in [0.29, 0.717) is 0 Å². The zero-order chi connectivity index (χ0) is 17.9. The lowest BCUT2D eigenvalue weighted by atomic mass is 10.3. The summed E-state index contributed by atoms with van der Waals surface area (Å²) in [6, 6.07) is 5.41. The summed E-state index contributed by atoms with van der Waals surface area (Å²) in [7, 11) is -2.43. The predicted molar refractivity (Wildman–Crippen MR) is 88.2 cm³/mol. The molecular weight excluding hydrogens is 337 g/mol. The van der Waals surface area contributed by atoms with E-state index in [1.807, 2.05) is 0 Å². The van der Waals surface area contributed by atoms with E-state index >= 15 is 0 Å². The summed E-state index contributed by atoms with van der Waals surface area (Å²) < 4.78 is 46.1. The Morgan fingerprint density at radius 2 is 2.00 bits per heavy atom. The molecule has 1 aliphatic rings. The minimum atomic E-state index is -3.77. The molecule has 1 saturated heterocycles. The summed E-state index contributed by atoms with van der Waals surface area (Å²) in [5, 5.41) is 2.48. The first-order valence-electron chi connectivity index (χ1n) is 7.61. The van der Waals surface area contributed by atoms with Gasteiger partial charge in [0, 0.05) is 25.8 Å². The van der Waals surface area contributed by atoms with Gasteiger partial charge in [-0.25, -0.2) is 4.39 Å². The van der Waals surface area contributed by atoms with Crippen LogP contribution in [0.3, 0.4) is 0 Å². The molecule has 1 aromatic rings. The largest absolute Gasteiger partial charge is 0.373 e. The molecule has 2 unspecified atom stereocenters. The number of rotatable bonds is 5. The van der Waals surface area contributed by atoms with Crippen molar-refractivity contribution in [1.82, 2.24) is 8.61 Å². The molecule has 2 rings (SSSR count). The average Bonchev–Trinajstić information content (AvgIpc) is 2.45. The SMILES string of the molecule is CC1CN(S(=O)(=O)N(C)CC(=O)Nc2cccc(F)c2)CC(C)O1. The molecular formula is C15H22FN3O4S. The third kappa shape index (κ3) is 4.73. The number of halogens is 1. The first-order chi connectivity index (χ1) is 11.2. The maximum Gasteiger partial charge on any atom is 0.282 e. The molecule has 0 saturated carbocycles. The highest BCUT2D eigenvalue weighted by atomic mass is 32.2. The highest BCUT2D eigenvalue weighted by molar-refractivity contribution is 7.86. The van der Waals surface area contributed by atoms with Gasteiger partial charge in [-0.2, -0.15) is 17.0 Å². The van der Waals surface area contributed by atoms with Crippen LogP contribution in [-0.4, -0.2) is 61.8 Å². The van der Waals surface area contributed by atoms with Crippen LogP contribution < -0.4 is 5.32 Å². The third-order valence-electron chi connectivity index (χ3n) is 3.58. The van der Waals surface area contributed by atoms with E-state index in [-0.39, 0.29) is 37.5 Å². The smallest absolute Gasteiger partial charge is 0.282 e. The van der Waals surface area contributed by atoms with Crippen molar-refractivity contribution in [3.8, 4) is 0 Å². The second kappa shape index (κ2) is 7.56. The van der Waals surface area contributed by atoms with E-state index in [9.17, 15) is 17.6 Å². The lowest BCUT2D eigenvalue weighted by molar-refractivity contribution is -0.116. The van der Waals surface area contributed by atoms with Crippen molar-refractivity contribution in [3.63, 3.8) is 0 Å². The van der Waals surface area contributed by atoms with Crippen LogP contribution in [0.1, 0.15) is 13.8 Å². The predicted octanol–water partition coefficient (Wildman–Crippen LogP) is 1.05. The normalized spacial score (nSPS) is 22.5. The highest BCUT2D eigenvalue weighted by Gasteiger charge is 2.34. The van der Waals surface area contributed by atoms with Crippen molar-refractivity contribution in [3.05, 3.63) is 30.1 Å². The Hall–Kier alpha value is -1.55. The average molecular weight is 359 g/mol. The van der Waals surface area contributed by atoms with E-state index in [1.54, 1.807) is 13.8 Å². The molecule has 1 fully saturated rings. The fraction of sp³-hybridized carbons (Fsp3) is 0.533. The highest BCUT2D eigenvalue weighted by Crippen LogP contribution is 2.17. The van der Waals surface area contributed by atoms with Crippen LogP contribution in [0.5, 0.6) is 0 Å². The Kier molecular flexibility index (Phi) is 5.92. The molecule has 0 spiro atoms. The van der Waals surface area contributed by atoms with Crippen LogP contribution in [-0.2, 0) is 19.7 Å². The Morgan fingerprint density at radius 3 is 2.58 bits per heavy atom. The van der Waals surface area contributed by atoms with Crippen molar-refractivity contribution in [2.45, 2.75) is 26.1 Å². The fourth-order valence-corrected chi connectivity index (χ4v) is 4.04. The van der Waals surface area contributed by atoms with Gasteiger partial charge in [0.25, 0.3) is 10.2 Å². The maximum atomic E-state index is 13.1. The van der Waals surface area contributed by atoms with Crippen LogP contribution in [0.15, 0.2) is 24.3 Å². The van der Waals surface area contributed by atoms with E-state index < -0.39 is 21.9 Å². The number of likely N-dealkylation sites (N-methyl/N-ethyl adjacent to an activating group) is 1. The van der Waals surface area contributed by atoms with E-state index in [2.05, 4.69) is 5.32 Å². The number of hydrogen-bond acceptors (Lipinski definition) is 4. The Bertz CT molecular complexity index is 688. The van der Waals surface area contributed by atoms with Gasteiger partial charge in [-0.3, -0.25) is 4.79 Å². The van der Waals surface area contributed by atoms with Gasteiger partial charge in [-0.15, -0.1) is 0 Å². The lowest BCUT2D eigenvalue weighted by Crippen LogP contribution is -2.53. The van der Waals surface area contributed by atoms with Crippen molar-refractivity contribution in [2.24, 2.45) is 0 Å². The molecule has 134 valence electrons. The summed E-state index contributed by atoms with van der Waals surface area (Å²) in [6.45, 7) is 3.72. The van der Waals surface area contributed by atoms with Crippen molar-refractivity contribution in [2.75, 3.05) is 32.0 Å². The van der Waals surface area contributed by atoms with E-state index in [1.165, 1.54) is 29.6 Å². The zero-order valence-electron chi connectivity index (χ0n) is 13.9. The van der Waals surface area contributed by atoms with Crippen LogP contribution in [0.4, 0.5) is 10.1 Å².